The first-order chi connectivity index (χ1) is 15.3. The molecule has 3 aromatic rings. The number of fused-ring (bicyclic) bond motifs is 1. The number of nitrogens with zero attached hydrogens (tertiary/aromatic N) is 3. The van der Waals surface area contributed by atoms with E-state index in [2.05, 4.69) is 0 Å². The normalized spacial score (nSPS) is 18.7. The molecule has 160 valence electrons. The molecule has 2 aromatic carbocycles. The lowest BCUT2D eigenvalue weighted by molar-refractivity contribution is 0.117. The average molecular weight is 440 g/mol. The van der Waals surface area contributed by atoms with Gasteiger partial charge in [-0.15, -0.1) is 11.3 Å². The van der Waals surface area contributed by atoms with E-state index >= 15 is 0 Å². The monoisotopic (exact) mass is 439 g/mol. The van der Waals surface area contributed by atoms with Gasteiger partial charge in [0, 0.05) is 17.6 Å². The van der Waals surface area contributed by atoms with E-state index in [4.69, 9.17) is 24.3 Å². The lowest BCUT2D eigenvalue weighted by Crippen LogP contribution is -2.17. The smallest absolute Gasteiger partial charge is 0.206 e. The Morgan fingerprint density at radius 1 is 1.06 bits per heavy atom. The van der Waals surface area contributed by atoms with E-state index in [0.29, 0.717) is 25.5 Å². The van der Waals surface area contributed by atoms with Crippen molar-refractivity contribution < 1.29 is 18.6 Å². The molecule has 0 radical (unpaired) electrons. The van der Waals surface area contributed by atoms with Crippen molar-refractivity contribution in [2.45, 2.75) is 18.9 Å². The molecule has 5 rings (SSSR count). The highest BCUT2D eigenvalue weighted by atomic mass is 32.1. The van der Waals surface area contributed by atoms with Crippen molar-refractivity contribution in [3.63, 3.8) is 0 Å². The van der Waals surface area contributed by atoms with Crippen molar-refractivity contribution >= 4 is 17.6 Å². The zero-order valence-electron chi connectivity index (χ0n) is 16.9. The third kappa shape index (κ3) is 4.55. The second-order valence-corrected chi connectivity index (χ2v) is 8.18. The van der Waals surface area contributed by atoms with Crippen LogP contribution in [0.15, 0.2) is 57.9 Å². The third-order valence-corrected chi connectivity index (χ3v) is 6.02. The molecule has 31 heavy (non-hydrogen) atoms. The van der Waals surface area contributed by atoms with Gasteiger partial charge in [-0.1, -0.05) is 0 Å². The number of hydrogen-bond acceptors (Lipinski definition) is 6. The maximum atomic E-state index is 13.4. The number of rotatable bonds is 5. The standard InChI is InChI=1S/C23H22FN3O3S/c24-18-6-4-17(5-7-18)20-15-31-23(25-14-19-2-1-9-28-19)27(20)26-13-16-3-8-21-22(12-16)30-11-10-29-21/h3-8,12-13,15,19H,1-2,9-11,14H2. The van der Waals surface area contributed by atoms with Crippen LogP contribution in [0, 0.1) is 5.82 Å². The van der Waals surface area contributed by atoms with E-state index in [0.717, 1.165) is 46.8 Å². The lowest BCUT2D eigenvalue weighted by atomic mass is 10.2. The zero-order chi connectivity index (χ0) is 21.0. The summed E-state index contributed by atoms with van der Waals surface area (Å²) in [6.07, 6.45) is 4.03. The van der Waals surface area contributed by atoms with E-state index in [1.807, 2.05) is 23.6 Å². The molecule has 1 fully saturated rings. The Morgan fingerprint density at radius 2 is 1.90 bits per heavy atom. The van der Waals surface area contributed by atoms with Crippen molar-refractivity contribution in [3.05, 3.63) is 64.0 Å². The molecule has 0 N–H and O–H groups in total. The van der Waals surface area contributed by atoms with Crippen LogP contribution in [0.2, 0.25) is 0 Å². The van der Waals surface area contributed by atoms with Gasteiger partial charge in [0.1, 0.15) is 19.0 Å². The van der Waals surface area contributed by atoms with Crippen LogP contribution in [0.3, 0.4) is 0 Å². The summed E-state index contributed by atoms with van der Waals surface area (Å²) in [6, 6.07) is 12.1. The quantitative estimate of drug-likeness (QED) is 0.563. The topological polar surface area (TPSA) is 57.3 Å². The Kier molecular flexibility index (Phi) is 5.82. The van der Waals surface area contributed by atoms with Gasteiger partial charge in [0.05, 0.1) is 24.6 Å². The van der Waals surface area contributed by atoms with E-state index < -0.39 is 0 Å². The van der Waals surface area contributed by atoms with Gasteiger partial charge in [-0.25, -0.2) is 9.07 Å². The van der Waals surface area contributed by atoms with Crippen molar-refractivity contribution in [1.29, 1.82) is 0 Å². The van der Waals surface area contributed by atoms with Crippen LogP contribution in [-0.4, -0.2) is 43.4 Å². The minimum Gasteiger partial charge on any atom is -0.486 e. The van der Waals surface area contributed by atoms with Gasteiger partial charge >= 0.3 is 0 Å². The molecule has 0 amide bonds. The molecule has 3 heterocycles. The van der Waals surface area contributed by atoms with Crippen molar-refractivity contribution in [2.24, 2.45) is 10.1 Å². The third-order valence-electron chi connectivity index (χ3n) is 5.17. The molecule has 6 nitrogen and oxygen atoms in total. The summed E-state index contributed by atoms with van der Waals surface area (Å²) in [6.45, 7) is 2.49. The molecule has 0 aliphatic carbocycles. The zero-order valence-corrected chi connectivity index (χ0v) is 17.7. The summed E-state index contributed by atoms with van der Waals surface area (Å²) >= 11 is 1.51. The molecule has 1 unspecified atom stereocenters. The molecular formula is C23H22FN3O3S. The Balaban J connectivity index is 1.49. The predicted molar refractivity (Wildman–Crippen MR) is 118 cm³/mol. The molecule has 0 bridgehead atoms. The summed E-state index contributed by atoms with van der Waals surface area (Å²) < 4.78 is 32.2. The summed E-state index contributed by atoms with van der Waals surface area (Å²) in [5, 5.41) is 6.70. The van der Waals surface area contributed by atoms with E-state index in [1.165, 1.54) is 23.5 Å². The van der Waals surface area contributed by atoms with Crippen LogP contribution < -0.4 is 14.3 Å². The largest absolute Gasteiger partial charge is 0.486 e. The van der Waals surface area contributed by atoms with Gasteiger partial charge in [-0.3, -0.25) is 4.99 Å². The maximum Gasteiger partial charge on any atom is 0.206 e. The van der Waals surface area contributed by atoms with Gasteiger partial charge in [0.15, 0.2) is 11.5 Å². The summed E-state index contributed by atoms with van der Waals surface area (Å²) in [5.41, 5.74) is 2.61. The number of halogens is 1. The fraction of sp³-hybridized carbons (Fsp3) is 0.304. The minimum absolute atomic E-state index is 0.159. The molecule has 2 aliphatic rings. The van der Waals surface area contributed by atoms with E-state index in [1.54, 1.807) is 23.0 Å². The average Bonchev–Trinajstić information content (AvgIpc) is 3.46. The van der Waals surface area contributed by atoms with Gasteiger partial charge < -0.3 is 14.2 Å². The molecular weight excluding hydrogens is 417 g/mol. The number of benzene rings is 2. The predicted octanol–water partition coefficient (Wildman–Crippen LogP) is 4.09. The van der Waals surface area contributed by atoms with Crippen LogP contribution in [0.4, 0.5) is 4.39 Å². The number of hydrogen-bond donors (Lipinski definition) is 0. The molecule has 1 atom stereocenters. The Hall–Kier alpha value is -2.97. The molecule has 2 aliphatic heterocycles. The highest BCUT2D eigenvalue weighted by molar-refractivity contribution is 7.07. The first kappa shape index (κ1) is 20.0. The molecule has 8 heteroatoms. The van der Waals surface area contributed by atoms with Crippen LogP contribution in [0.25, 0.3) is 11.3 Å². The van der Waals surface area contributed by atoms with Gasteiger partial charge in [-0.2, -0.15) is 5.10 Å². The second-order valence-electron chi connectivity index (χ2n) is 7.35. The SMILES string of the molecule is Fc1ccc(-c2csc(=NCC3CCCO3)n2N=Cc2ccc3c(c2)OCCO3)cc1. The Labute approximate surface area is 183 Å². The lowest BCUT2D eigenvalue weighted by Gasteiger charge is -2.18. The highest BCUT2D eigenvalue weighted by Gasteiger charge is 2.15. The highest BCUT2D eigenvalue weighted by Crippen LogP contribution is 2.30. The van der Waals surface area contributed by atoms with Crippen molar-refractivity contribution in [1.82, 2.24) is 4.68 Å². The van der Waals surface area contributed by atoms with Gasteiger partial charge in [0.25, 0.3) is 0 Å². The summed E-state index contributed by atoms with van der Waals surface area (Å²) in [7, 11) is 0. The Morgan fingerprint density at radius 3 is 2.71 bits per heavy atom. The van der Waals surface area contributed by atoms with Crippen molar-refractivity contribution in [2.75, 3.05) is 26.4 Å². The Bertz CT molecular complexity index is 1150. The number of aromatic nitrogens is 1. The maximum absolute atomic E-state index is 13.4. The van der Waals surface area contributed by atoms with Crippen LogP contribution >= 0.6 is 11.3 Å². The molecule has 0 spiro atoms. The first-order valence-electron chi connectivity index (χ1n) is 10.3. The van der Waals surface area contributed by atoms with Gasteiger partial charge in [-0.05, 0) is 60.9 Å². The summed E-state index contributed by atoms with van der Waals surface area (Å²) in [4.78, 5) is 5.53. The van der Waals surface area contributed by atoms with Gasteiger partial charge in [0.2, 0.25) is 4.80 Å². The van der Waals surface area contributed by atoms with Crippen LogP contribution in [-0.2, 0) is 4.74 Å². The number of ether oxygens (including phenoxy) is 3. The van der Waals surface area contributed by atoms with Crippen LogP contribution in [0.1, 0.15) is 18.4 Å². The second kappa shape index (κ2) is 9.03. The minimum atomic E-state index is -0.270. The molecule has 1 aromatic heterocycles. The fourth-order valence-electron chi connectivity index (χ4n) is 3.57. The fourth-order valence-corrected chi connectivity index (χ4v) is 4.42. The van der Waals surface area contributed by atoms with Crippen LogP contribution in [0.5, 0.6) is 11.5 Å². The molecule has 1 saturated heterocycles. The van der Waals surface area contributed by atoms with E-state index in [-0.39, 0.29) is 11.9 Å². The summed E-state index contributed by atoms with van der Waals surface area (Å²) in [5.74, 6) is 1.19. The van der Waals surface area contributed by atoms with Crippen molar-refractivity contribution in [3.8, 4) is 22.8 Å². The number of thiazole rings is 1. The van der Waals surface area contributed by atoms with E-state index in [9.17, 15) is 4.39 Å². The molecule has 0 saturated carbocycles. The first-order valence-corrected chi connectivity index (χ1v) is 11.2.